The lowest BCUT2D eigenvalue weighted by Gasteiger charge is -2.44. The van der Waals surface area contributed by atoms with Crippen molar-refractivity contribution < 1.29 is 9.47 Å². The molecule has 2 nitrogen and oxygen atoms in total. The Bertz CT molecular complexity index is 221. The average molecular weight is 208 g/mol. The van der Waals surface area contributed by atoms with Gasteiger partial charge in [0.1, 0.15) is 0 Å². The number of hydrogen-bond acceptors (Lipinski definition) is 2. The van der Waals surface area contributed by atoms with Crippen LogP contribution in [0.4, 0.5) is 0 Å². The van der Waals surface area contributed by atoms with Gasteiger partial charge in [-0.15, -0.1) is 13.2 Å². The Labute approximate surface area is 92.0 Å². The molecule has 0 aromatic rings. The molecule has 2 atom stereocenters. The van der Waals surface area contributed by atoms with Crippen LogP contribution in [-0.4, -0.2) is 18.0 Å². The van der Waals surface area contributed by atoms with Crippen molar-refractivity contribution in [3.63, 3.8) is 0 Å². The normalized spacial score (nSPS) is 34.9. The van der Waals surface area contributed by atoms with E-state index in [-0.39, 0.29) is 18.0 Å². The van der Waals surface area contributed by atoms with Gasteiger partial charge in [0, 0.05) is 12.8 Å². The van der Waals surface area contributed by atoms with Crippen LogP contribution in [0.15, 0.2) is 25.3 Å². The average Bonchev–Trinajstić information content (AvgIpc) is 2.29. The molecule has 0 unspecified atom stereocenters. The van der Waals surface area contributed by atoms with Crippen molar-refractivity contribution in [2.24, 2.45) is 0 Å². The molecule has 2 aliphatic rings. The number of ether oxygens (including phenoxy) is 2. The maximum Gasteiger partial charge on any atom is 0.169 e. The van der Waals surface area contributed by atoms with Crippen molar-refractivity contribution in [2.45, 2.75) is 56.5 Å². The monoisotopic (exact) mass is 208 g/mol. The molecule has 0 aromatic carbocycles. The van der Waals surface area contributed by atoms with Crippen LogP contribution in [0.1, 0.15) is 38.5 Å². The van der Waals surface area contributed by atoms with Gasteiger partial charge >= 0.3 is 0 Å². The molecule has 2 aliphatic heterocycles. The van der Waals surface area contributed by atoms with E-state index < -0.39 is 0 Å². The first-order valence-corrected chi connectivity index (χ1v) is 5.89. The Kier molecular flexibility index (Phi) is 3.27. The summed E-state index contributed by atoms with van der Waals surface area (Å²) in [6.45, 7) is 7.60. The van der Waals surface area contributed by atoms with Gasteiger partial charge in [0.25, 0.3) is 0 Å². The van der Waals surface area contributed by atoms with Gasteiger partial charge in [-0.05, 0) is 25.7 Å². The van der Waals surface area contributed by atoms with Crippen molar-refractivity contribution in [1.29, 1.82) is 0 Å². The Hall–Kier alpha value is -0.600. The predicted molar refractivity (Wildman–Crippen MR) is 60.6 cm³/mol. The molecule has 0 bridgehead atoms. The predicted octanol–water partition coefficient (Wildman–Crippen LogP) is 3.19. The second-order valence-corrected chi connectivity index (χ2v) is 4.48. The highest BCUT2D eigenvalue weighted by Crippen LogP contribution is 2.39. The molecule has 0 saturated carbocycles. The van der Waals surface area contributed by atoms with E-state index in [1.807, 2.05) is 12.2 Å². The van der Waals surface area contributed by atoms with Gasteiger partial charge in [-0.2, -0.15) is 0 Å². The zero-order chi connectivity index (χ0) is 10.7. The second-order valence-electron chi connectivity index (χ2n) is 4.48. The molecule has 84 valence electrons. The minimum atomic E-state index is -0.339. The highest BCUT2D eigenvalue weighted by Gasteiger charge is 2.41. The summed E-state index contributed by atoms with van der Waals surface area (Å²) in [6, 6.07) is 0. The highest BCUT2D eigenvalue weighted by molar-refractivity contribution is 4.93. The summed E-state index contributed by atoms with van der Waals surface area (Å²) < 4.78 is 12.0. The van der Waals surface area contributed by atoms with E-state index in [0.717, 1.165) is 25.7 Å². The van der Waals surface area contributed by atoms with Crippen LogP contribution < -0.4 is 0 Å². The lowest BCUT2D eigenvalue weighted by molar-refractivity contribution is -0.300. The molecule has 2 saturated heterocycles. The van der Waals surface area contributed by atoms with Crippen molar-refractivity contribution in [3.8, 4) is 0 Å². The fourth-order valence-corrected chi connectivity index (χ4v) is 2.54. The van der Waals surface area contributed by atoms with Crippen LogP contribution in [0.3, 0.4) is 0 Å². The fraction of sp³-hybridized carbons (Fsp3) is 0.692. The van der Waals surface area contributed by atoms with E-state index in [1.54, 1.807) is 0 Å². The molecule has 2 heteroatoms. The Morgan fingerprint density at radius 1 is 0.933 bits per heavy atom. The lowest BCUT2D eigenvalue weighted by atomic mass is 9.93. The van der Waals surface area contributed by atoms with E-state index in [9.17, 15) is 0 Å². The fourth-order valence-electron chi connectivity index (χ4n) is 2.54. The molecule has 0 amide bonds. The van der Waals surface area contributed by atoms with Gasteiger partial charge in [0.15, 0.2) is 5.79 Å². The summed E-state index contributed by atoms with van der Waals surface area (Å²) in [4.78, 5) is 0. The molecule has 0 aliphatic carbocycles. The molecular weight excluding hydrogens is 188 g/mol. The molecule has 0 radical (unpaired) electrons. The van der Waals surface area contributed by atoms with E-state index in [4.69, 9.17) is 9.47 Å². The molecule has 2 heterocycles. The molecule has 15 heavy (non-hydrogen) atoms. The van der Waals surface area contributed by atoms with E-state index >= 15 is 0 Å². The van der Waals surface area contributed by atoms with E-state index in [0.29, 0.717) is 0 Å². The second kappa shape index (κ2) is 4.50. The minimum Gasteiger partial charge on any atom is -0.343 e. The first-order valence-electron chi connectivity index (χ1n) is 5.89. The van der Waals surface area contributed by atoms with E-state index in [2.05, 4.69) is 13.2 Å². The van der Waals surface area contributed by atoms with Crippen molar-refractivity contribution in [2.75, 3.05) is 0 Å². The SMILES string of the molecule is C=C[C@@H]1CCCC2(CCC[C@@H](C=C)O2)O1. The molecule has 1 spiro atoms. The van der Waals surface area contributed by atoms with Crippen molar-refractivity contribution in [1.82, 2.24) is 0 Å². The quantitative estimate of drug-likeness (QED) is 0.649. The summed E-state index contributed by atoms with van der Waals surface area (Å²) in [5, 5.41) is 0. The van der Waals surface area contributed by atoms with Gasteiger partial charge in [-0.1, -0.05) is 12.2 Å². The summed E-state index contributed by atoms with van der Waals surface area (Å²) >= 11 is 0. The summed E-state index contributed by atoms with van der Waals surface area (Å²) in [7, 11) is 0. The van der Waals surface area contributed by atoms with Gasteiger partial charge in [-0.25, -0.2) is 0 Å². The van der Waals surface area contributed by atoms with Gasteiger partial charge < -0.3 is 9.47 Å². The topological polar surface area (TPSA) is 18.5 Å². The van der Waals surface area contributed by atoms with Gasteiger partial charge in [0.2, 0.25) is 0 Å². The van der Waals surface area contributed by atoms with Crippen molar-refractivity contribution >= 4 is 0 Å². The Morgan fingerprint density at radius 3 is 1.80 bits per heavy atom. The Balaban J connectivity index is 2.04. The van der Waals surface area contributed by atoms with Crippen LogP contribution in [0, 0.1) is 0 Å². The minimum absolute atomic E-state index is 0.169. The first-order chi connectivity index (χ1) is 7.28. The zero-order valence-corrected chi connectivity index (χ0v) is 9.28. The molecule has 2 fully saturated rings. The van der Waals surface area contributed by atoms with Gasteiger partial charge in [0.05, 0.1) is 12.2 Å². The molecule has 0 N–H and O–H groups in total. The first kappa shape index (κ1) is 10.9. The maximum atomic E-state index is 6.01. The standard InChI is InChI=1S/C13H20O2/c1-3-11-7-5-9-13(14-11)10-6-8-12(4-2)15-13/h3-4,11-12H,1-2,5-10H2/t11-,12-,13?/m1/s1. The largest absolute Gasteiger partial charge is 0.343 e. The van der Waals surface area contributed by atoms with E-state index in [1.165, 1.54) is 12.8 Å². The van der Waals surface area contributed by atoms with Crippen LogP contribution in [0.5, 0.6) is 0 Å². The highest BCUT2D eigenvalue weighted by atomic mass is 16.7. The third kappa shape index (κ3) is 2.32. The third-order valence-corrected chi connectivity index (χ3v) is 3.35. The number of hydrogen-bond donors (Lipinski definition) is 0. The lowest BCUT2D eigenvalue weighted by Crippen LogP contribution is -2.47. The third-order valence-electron chi connectivity index (χ3n) is 3.35. The molecule has 2 rings (SSSR count). The summed E-state index contributed by atoms with van der Waals surface area (Å²) in [5.41, 5.74) is 0. The van der Waals surface area contributed by atoms with Crippen molar-refractivity contribution in [3.05, 3.63) is 25.3 Å². The summed E-state index contributed by atoms with van der Waals surface area (Å²) in [5.74, 6) is -0.339. The Morgan fingerprint density at radius 2 is 1.40 bits per heavy atom. The molecular formula is C13H20O2. The zero-order valence-electron chi connectivity index (χ0n) is 9.28. The summed E-state index contributed by atoms with van der Waals surface area (Å²) in [6.07, 6.45) is 10.6. The molecule has 0 aromatic heterocycles. The number of rotatable bonds is 2. The van der Waals surface area contributed by atoms with Crippen LogP contribution in [-0.2, 0) is 9.47 Å². The van der Waals surface area contributed by atoms with Gasteiger partial charge in [-0.3, -0.25) is 0 Å². The van der Waals surface area contributed by atoms with Crippen LogP contribution in [0.25, 0.3) is 0 Å². The maximum absolute atomic E-state index is 6.01. The smallest absolute Gasteiger partial charge is 0.169 e. The van der Waals surface area contributed by atoms with Crippen LogP contribution in [0.2, 0.25) is 0 Å². The van der Waals surface area contributed by atoms with Crippen LogP contribution >= 0.6 is 0 Å².